The first-order valence-electron chi connectivity index (χ1n) is 12.1. The highest BCUT2D eigenvalue weighted by atomic mass is 16.5. The zero-order valence-corrected chi connectivity index (χ0v) is 22.2. The van der Waals surface area contributed by atoms with Crippen molar-refractivity contribution in [3.63, 3.8) is 0 Å². The number of nitriles is 1. The van der Waals surface area contributed by atoms with Crippen LogP contribution in [0.5, 0.6) is 5.75 Å². The summed E-state index contributed by atoms with van der Waals surface area (Å²) in [6, 6.07) is 9.40. The molecule has 2 atom stereocenters. The van der Waals surface area contributed by atoms with E-state index < -0.39 is 40.3 Å². The molecule has 1 amide bonds. The molecule has 0 fully saturated rings. The fourth-order valence-corrected chi connectivity index (χ4v) is 4.47. The second-order valence-electron chi connectivity index (χ2n) is 9.80. The molecule has 3 aromatic heterocycles. The summed E-state index contributed by atoms with van der Waals surface area (Å²) in [5.74, 6) is -2.36. The zero-order valence-electron chi connectivity index (χ0n) is 22.2. The van der Waals surface area contributed by atoms with Gasteiger partial charge < -0.3 is 19.7 Å². The van der Waals surface area contributed by atoms with Crippen molar-refractivity contribution >= 4 is 11.6 Å². The van der Waals surface area contributed by atoms with Gasteiger partial charge in [-0.15, -0.1) is 0 Å². The maximum Gasteiger partial charge on any atom is 0.296 e. The SMILES string of the molecule is COC(C)(C)Cn1cc([C@@H](c2ccccc2C#N)[C@H](C)c2nc(C(=O)Nc3cnoc3)c(O)c(=O)n2C)cn1. The molecule has 0 saturated carbocycles. The number of nitrogens with one attached hydrogen (secondary N) is 1. The highest BCUT2D eigenvalue weighted by Crippen LogP contribution is 2.39. The van der Waals surface area contributed by atoms with Gasteiger partial charge in [-0.2, -0.15) is 10.4 Å². The molecule has 0 unspecified atom stereocenters. The fourth-order valence-electron chi connectivity index (χ4n) is 4.47. The van der Waals surface area contributed by atoms with Crippen LogP contribution in [0.15, 0.2) is 58.4 Å². The van der Waals surface area contributed by atoms with Crippen molar-refractivity contribution in [2.45, 2.75) is 44.8 Å². The number of hydrogen-bond acceptors (Lipinski definition) is 9. The predicted octanol–water partition coefficient (Wildman–Crippen LogP) is 3.15. The number of amides is 1. The summed E-state index contributed by atoms with van der Waals surface area (Å²) in [7, 11) is 3.10. The Hall–Kier alpha value is -4.76. The van der Waals surface area contributed by atoms with Gasteiger partial charge in [0.05, 0.1) is 36.2 Å². The molecule has 2 N–H and O–H groups in total. The topological polar surface area (TPSA) is 161 Å². The number of methoxy groups -OCH3 is 1. The van der Waals surface area contributed by atoms with E-state index in [1.54, 1.807) is 30.1 Å². The minimum Gasteiger partial charge on any atom is -0.501 e. The molecule has 3 heterocycles. The van der Waals surface area contributed by atoms with Crippen LogP contribution in [-0.2, 0) is 18.3 Å². The number of rotatable bonds is 9. The van der Waals surface area contributed by atoms with Crippen molar-refractivity contribution in [2.24, 2.45) is 7.05 Å². The molecule has 0 radical (unpaired) electrons. The largest absolute Gasteiger partial charge is 0.501 e. The fraction of sp³-hybridized carbons (Fsp3) is 0.333. The van der Waals surface area contributed by atoms with Gasteiger partial charge in [-0.1, -0.05) is 30.3 Å². The summed E-state index contributed by atoms with van der Waals surface area (Å²) in [6.45, 7) is 6.22. The Bertz CT molecular complexity index is 1580. The number of ether oxygens (including phenoxy) is 1. The highest BCUT2D eigenvalue weighted by Gasteiger charge is 2.32. The normalized spacial score (nSPS) is 13.0. The van der Waals surface area contributed by atoms with Crippen molar-refractivity contribution in [3.8, 4) is 11.8 Å². The molecule has 4 rings (SSSR count). The lowest BCUT2D eigenvalue weighted by atomic mass is 9.80. The van der Waals surface area contributed by atoms with Gasteiger partial charge in [0.15, 0.2) is 5.69 Å². The lowest BCUT2D eigenvalue weighted by Gasteiger charge is -2.26. The standard InChI is InChI=1S/C27H29N7O5/c1-16(24-32-22(23(35)26(37)33(24)4)25(36)31-19-12-30-39-14-19)21(20-9-7-6-8-17(20)10-28)18-11-29-34(13-18)15-27(2,3)38-5/h6-9,11-14,16,21,35H,15H2,1-5H3,(H,31,36)/t16-,21-/m0/s1. The lowest BCUT2D eigenvalue weighted by molar-refractivity contribution is 0.00539. The molecule has 4 aromatic rings. The molecular formula is C27H29N7O5. The van der Waals surface area contributed by atoms with E-state index >= 15 is 0 Å². The van der Waals surface area contributed by atoms with Gasteiger partial charge in [0.25, 0.3) is 11.5 Å². The van der Waals surface area contributed by atoms with Gasteiger partial charge in [-0.25, -0.2) is 4.98 Å². The van der Waals surface area contributed by atoms with Gasteiger partial charge >= 0.3 is 0 Å². The molecule has 0 aliphatic rings. The summed E-state index contributed by atoms with van der Waals surface area (Å²) in [5.41, 5.74) is 0.477. The highest BCUT2D eigenvalue weighted by molar-refractivity contribution is 6.04. The van der Waals surface area contributed by atoms with Crippen LogP contribution >= 0.6 is 0 Å². The number of aromatic nitrogens is 5. The molecule has 1 aromatic carbocycles. The minimum atomic E-state index is -0.801. The average Bonchev–Trinajstić information content (AvgIpc) is 3.60. The third kappa shape index (κ3) is 5.58. The first-order chi connectivity index (χ1) is 18.6. The van der Waals surface area contributed by atoms with E-state index in [2.05, 4.69) is 26.6 Å². The number of carbonyl (C=O) groups is 1. The van der Waals surface area contributed by atoms with Crippen molar-refractivity contribution < 1.29 is 19.2 Å². The molecule has 0 spiro atoms. The number of anilines is 1. The first-order valence-corrected chi connectivity index (χ1v) is 12.1. The smallest absolute Gasteiger partial charge is 0.296 e. The van der Waals surface area contributed by atoms with Crippen LogP contribution < -0.4 is 10.9 Å². The van der Waals surface area contributed by atoms with Crippen LogP contribution in [0.2, 0.25) is 0 Å². The van der Waals surface area contributed by atoms with Crippen molar-refractivity contribution in [1.29, 1.82) is 5.26 Å². The molecule has 0 saturated heterocycles. The maximum atomic E-state index is 13.0. The Morgan fingerprint density at radius 2 is 2.05 bits per heavy atom. The molecule has 12 heteroatoms. The van der Waals surface area contributed by atoms with Crippen molar-refractivity contribution in [1.82, 2.24) is 24.5 Å². The van der Waals surface area contributed by atoms with E-state index in [1.807, 2.05) is 39.1 Å². The van der Waals surface area contributed by atoms with Crippen LogP contribution in [0, 0.1) is 11.3 Å². The van der Waals surface area contributed by atoms with Crippen molar-refractivity contribution in [3.05, 3.63) is 87.7 Å². The van der Waals surface area contributed by atoms with Gasteiger partial charge in [0, 0.05) is 32.2 Å². The number of benzene rings is 1. The Kier molecular flexibility index (Phi) is 7.64. The number of hydrogen-bond donors (Lipinski definition) is 2. The Morgan fingerprint density at radius 3 is 2.72 bits per heavy atom. The molecule has 0 bridgehead atoms. The molecule has 39 heavy (non-hydrogen) atoms. The molecule has 0 aliphatic carbocycles. The summed E-state index contributed by atoms with van der Waals surface area (Å²) >= 11 is 0. The van der Waals surface area contributed by atoms with E-state index in [0.717, 1.165) is 5.56 Å². The molecule has 0 aliphatic heterocycles. The number of carbonyl (C=O) groups excluding carboxylic acids is 1. The Balaban J connectivity index is 1.83. The number of nitrogens with zero attached hydrogens (tertiary/aromatic N) is 6. The first kappa shape index (κ1) is 27.3. The molecule has 12 nitrogen and oxygen atoms in total. The predicted molar refractivity (Wildman–Crippen MR) is 140 cm³/mol. The summed E-state index contributed by atoms with van der Waals surface area (Å²) in [6.07, 6.45) is 6.06. The Labute approximate surface area is 224 Å². The van der Waals surface area contributed by atoms with Crippen LogP contribution in [0.1, 0.15) is 65.6 Å². The second-order valence-corrected chi connectivity index (χ2v) is 9.80. The quantitative estimate of drug-likeness (QED) is 0.330. The lowest BCUT2D eigenvalue weighted by Crippen LogP contribution is -2.30. The number of aromatic hydroxyl groups is 1. The van der Waals surface area contributed by atoms with Gasteiger partial charge in [0.2, 0.25) is 5.75 Å². The van der Waals surface area contributed by atoms with E-state index in [9.17, 15) is 20.0 Å². The average molecular weight is 532 g/mol. The van der Waals surface area contributed by atoms with Crippen LogP contribution in [0.4, 0.5) is 5.69 Å². The van der Waals surface area contributed by atoms with Crippen LogP contribution in [0.25, 0.3) is 0 Å². The van der Waals surface area contributed by atoms with Gasteiger partial charge in [0.1, 0.15) is 17.8 Å². The van der Waals surface area contributed by atoms with Crippen molar-refractivity contribution in [2.75, 3.05) is 12.4 Å². The monoisotopic (exact) mass is 531 g/mol. The molecule has 202 valence electrons. The minimum absolute atomic E-state index is 0.232. The Morgan fingerprint density at radius 1 is 1.31 bits per heavy atom. The van der Waals surface area contributed by atoms with Crippen LogP contribution in [-0.4, -0.2) is 48.2 Å². The third-order valence-electron chi connectivity index (χ3n) is 6.64. The van der Waals surface area contributed by atoms with Gasteiger partial charge in [-0.3, -0.25) is 18.8 Å². The summed E-state index contributed by atoms with van der Waals surface area (Å²) < 4.78 is 13.2. The van der Waals surface area contributed by atoms with Gasteiger partial charge in [-0.05, 0) is 31.0 Å². The van der Waals surface area contributed by atoms with Crippen LogP contribution in [0.3, 0.4) is 0 Å². The third-order valence-corrected chi connectivity index (χ3v) is 6.64. The van der Waals surface area contributed by atoms with E-state index in [1.165, 1.54) is 24.1 Å². The van der Waals surface area contributed by atoms with E-state index in [-0.39, 0.29) is 11.5 Å². The van der Waals surface area contributed by atoms with E-state index in [4.69, 9.17) is 9.26 Å². The maximum absolute atomic E-state index is 13.0. The van der Waals surface area contributed by atoms with E-state index in [0.29, 0.717) is 17.7 Å². The summed E-state index contributed by atoms with van der Waals surface area (Å²) in [5, 5.41) is 30.9. The zero-order chi connectivity index (χ0) is 28.3. The summed E-state index contributed by atoms with van der Waals surface area (Å²) in [4.78, 5) is 30.4. The second kappa shape index (κ2) is 10.9. The molecular weight excluding hydrogens is 502 g/mol.